The van der Waals surface area contributed by atoms with E-state index >= 15 is 0 Å². The maximum atomic E-state index is 12.9. The summed E-state index contributed by atoms with van der Waals surface area (Å²) in [5, 5.41) is 2.68. The van der Waals surface area contributed by atoms with Gasteiger partial charge in [0.1, 0.15) is 11.5 Å². The van der Waals surface area contributed by atoms with Crippen LogP contribution in [0.1, 0.15) is 10.4 Å². The Balaban J connectivity index is 1.25. The van der Waals surface area contributed by atoms with Gasteiger partial charge in [-0.15, -0.1) is 0 Å². The summed E-state index contributed by atoms with van der Waals surface area (Å²) in [6.07, 6.45) is 0. The van der Waals surface area contributed by atoms with Crippen LogP contribution >= 0.6 is 0 Å². The average molecular weight is 564 g/mol. The van der Waals surface area contributed by atoms with Gasteiger partial charge in [-0.25, -0.2) is 14.8 Å². The summed E-state index contributed by atoms with van der Waals surface area (Å²) in [4.78, 5) is 35.1. The lowest BCUT2D eigenvalue weighted by Crippen LogP contribution is -2.20. The topological polar surface area (TPSA) is 118 Å². The predicted octanol–water partition coefficient (Wildman–Crippen LogP) is 5.51. The first kappa shape index (κ1) is 26.6. The normalized spacial score (nSPS) is 11.7. The average Bonchev–Trinajstić information content (AvgIpc) is 3.51. The molecule has 0 fully saturated rings. The van der Waals surface area contributed by atoms with E-state index in [2.05, 4.69) is 5.32 Å². The number of fused-ring (bicyclic) bond motifs is 2. The summed E-state index contributed by atoms with van der Waals surface area (Å²) in [6, 6.07) is 25.0. The molecule has 0 saturated heterocycles. The number of rotatable bonds is 8. The molecule has 10 heteroatoms. The molecule has 1 N–H and O–H groups in total. The van der Waals surface area contributed by atoms with Crippen molar-refractivity contribution in [1.82, 2.24) is 9.97 Å². The van der Waals surface area contributed by atoms with Crippen LogP contribution in [0.25, 0.3) is 33.5 Å². The van der Waals surface area contributed by atoms with Crippen LogP contribution in [0.15, 0.2) is 84.9 Å². The molecule has 0 radical (unpaired) electrons. The van der Waals surface area contributed by atoms with Crippen molar-refractivity contribution in [3.8, 4) is 45.5 Å². The molecular formula is C32H25N3O7. The lowest BCUT2D eigenvalue weighted by molar-refractivity contribution is -0.119. The van der Waals surface area contributed by atoms with Crippen molar-refractivity contribution in [2.45, 2.75) is 0 Å². The van der Waals surface area contributed by atoms with Crippen molar-refractivity contribution >= 4 is 28.6 Å². The summed E-state index contributed by atoms with van der Waals surface area (Å²) < 4.78 is 26.5. The number of ether oxygens (including phenoxy) is 5. The Hall–Kier alpha value is -5.64. The zero-order valence-corrected chi connectivity index (χ0v) is 22.7. The lowest BCUT2D eigenvalue weighted by atomic mass is 10.0. The molecule has 6 rings (SSSR count). The van der Waals surface area contributed by atoms with E-state index in [0.29, 0.717) is 45.4 Å². The van der Waals surface area contributed by atoms with Crippen molar-refractivity contribution in [2.75, 3.05) is 32.9 Å². The second-order valence-corrected chi connectivity index (χ2v) is 9.27. The number of anilines is 1. The van der Waals surface area contributed by atoms with E-state index in [1.54, 1.807) is 50.6 Å². The van der Waals surface area contributed by atoms with Crippen LogP contribution in [0.3, 0.4) is 0 Å². The number of hydrogen-bond acceptors (Lipinski definition) is 9. The highest BCUT2D eigenvalue weighted by Crippen LogP contribution is 2.35. The van der Waals surface area contributed by atoms with Gasteiger partial charge in [-0.05, 0) is 78.9 Å². The molecule has 1 aliphatic rings. The van der Waals surface area contributed by atoms with Gasteiger partial charge in [0.2, 0.25) is 6.79 Å². The van der Waals surface area contributed by atoms with Crippen LogP contribution in [0.5, 0.6) is 23.0 Å². The van der Waals surface area contributed by atoms with E-state index in [-0.39, 0.29) is 12.4 Å². The summed E-state index contributed by atoms with van der Waals surface area (Å²) in [5.41, 5.74) is 4.81. The van der Waals surface area contributed by atoms with Crippen LogP contribution in [0.4, 0.5) is 5.69 Å². The zero-order valence-electron chi connectivity index (χ0n) is 22.7. The summed E-state index contributed by atoms with van der Waals surface area (Å²) >= 11 is 0. The molecule has 0 aliphatic carbocycles. The second-order valence-electron chi connectivity index (χ2n) is 9.27. The van der Waals surface area contributed by atoms with Crippen LogP contribution in [-0.2, 0) is 9.53 Å². The van der Waals surface area contributed by atoms with Gasteiger partial charge >= 0.3 is 5.97 Å². The Labute approximate surface area is 240 Å². The van der Waals surface area contributed by atoms with Crippen molar-refractivity contribution in [3.05, 3.63) is 90.5 Å². The fourth-order valence-electron chi connectivity index (χ4n) is 4.47. The molecule has 1 aromatic heterocycles. The van der Waals surface area contributed by atoms with Crippen LogP contribution in [-0.4, -0.2) is 49.5 Å². The smallest absolute Gasteiger partial charge is 0.338 e. The predicted molar refractivity (Wildman–Crippen MR) is 155 cm³/mol. The maximum absolute atomic E-state index is 12.9. The largest absolute Gasteiger partial charge is 0.497 e. The van der Waals surface area contributed by atoms with Crippen molar-refractivity contribution in [1.29, 1.82) is 0 Å². The number of methoxy groups -OCH3 is 2. The van der Waals surface area contributed by atoms with Crippen LogP contribution in [0.2, 0.25) is 0 Å². The van der Waals surface area contributed by atoms with Gasteiger partial charge in [-0.1, -0.05) is 0 Å². The number of hydrogen-bond donors (Lipinski definition) is 1. The molecule has 5 aromatic rings. The molecule has 0 spiro atoms. The first-order chi connectivity index (χ1) is 20.5. The minimum Gasteiger partial charge on any atom is -0.497 e. The minimum atomic E-state index is -0.662. The summed E-state index contributed by atoms with van der Waals surface area (Å²) in [7, 11) is 3.22. The zero-order chi connectivity index (χ0) is 29.1. The van der Waals surface area contributed by atoms with Gasteiger partial charge in [-0.2, -0.15) is 0 Å². The number of nitrogens with one attached hydrogen (secondary N) is 1. The number of carbonyl (C=O) groups excluding carboxylic acids is 2. The fourth-order valence-corrected chi connectivity index (χ4v) is 4.47. The Bertz CT molecular complexity index is 1790. The van der Waals surface area contributed by atoms with Gasteiger partial charge in [-0.3, -0.25) is 4.79 Å². The highest BCUT2D eigenvalue weighted by Gasteiger charge is 2.18. The molecule has 1 amide bonds. The monoisotopic (exact) mass is 563 g/mol. The first-order valence-corrected chi connectivity index (χ1v) is 13.0. The number of nitrogens with zero attached hydrogens (tertiary/aromatic N) is 2. The molecule has 0 saturated carbocycles. The van der Waals surface area contributed by atoms with Crippen molar-refractivity contribution in [2.24, 2.45) is 0 Å². The molecule has 2 heterocycles. The van der Waals surface area contributed by atoms with E-state index in [1.165, 1.54) is 0 Å². The number of esters is 1. The SMILES string of the molecule is COc1ccc(-c2nc3ccc(C(=O)OCC(=O)Nc4ccc5c(c4)OCO5)cc3nc2-c2ccc(OC)cc2)cc1. The van der Waals surface area contributed by atoms with E-state index in [9.17, 15) is 9.59 Å². The van der Waals surface area contributed by atoms with Gasteiger partial charge in [0.15, 0.2) is 18.1 Å². The summed E-state index contributed by atoms with van der Waals surface area (Å²) in [6.45, 7) is -0.338. The fraction of sp³-hybridized carbons (Fsp3) is 0.125. The number of amides is 1. The summed E-state index contributed by atoms with van der Waals surface area (Å²) in [5.74, 6) is 1.42. The Morgan fingerprint density at radius 1 is 0.738 bits per heavy atom. The Morgan fingerprint density at radius 3 is 2.00 bits per heavy atom. The Morgan fingerprint density at radius 2 is 1.36 bits per heavy atom. The van der Waals surface area contributed by atoms with E-state index in [1.807, 2.05) is 48.5 Å². The molecule has 0 bridgehead atoms. The third-order valence-electron chi connectivity index (χ3n) is 6.62. The highest BCUT2D eigenvalue weighted by molar-refractivity contribution is 5.98. The van der Waals surface area contributed by atoms with E-state index in [4.69, 9.17) is 33.7 Å². The molecule has 0 unspecified atom stereocenters. The molecule has 1 aliphatic heterocycles. The molecule has 10 nitrogen and oxygen atoms in total. The van der Waals surface area contributed by atoms with Crippen LogP contribution < -0.4 is 24.3 Å². The van der Waals surface area contributed by atoms with Gasteiger partial charge in [0.25, 0.3) is 5.91 Å². The number of carbonyl (C=O) groups is 2. The Kier molecular flexibility index (Phi) is 7.25. The van der Waals surface area contributed by atoms with E-state index < -0.39 is 18.5 Å². The maximum Gasteiger partial charge on any atom is 0.338 e. The number of aromatic nitrogens is 2. The van der Waals surface area contributed by atoms with Gasteiger partial charge in [0.05, 0.1) is 42.2 Å². The third-order valence-corrected chi connectivity index (χ3v) is 6.62. The molecule has 42 heavy (non-hydrogen) atoms. The third kappa shape index (κ3) is 5.50. The lowest BCUT2D eigenvalue weighted by Gasteiger charge is -2.12. The van der Waals surface area contributed by atoms with E-state index in [0.717, 1.165) is 16.9 Å². The second kappa shape index (κ2) is 11.5. The molecule has 210 valence electrons. The molecule has 4 aromatic carbocycles. The minimum absolute atomic E-state index is 0.130. The molecule has 0 atom stereocenters. The number of benzene rings is 4. The van der Waals surface area contributed by atoms with Crippen molar-refractivity contribution in [3.63, 3.8) is 0 Å². The highest BCUT2D eigenvalue weighted by atomic mass is 16.7. The molecular weight excluding hydrogens is 538 g/mol. The first-order valence-electron chi connectivity index (χ1n) is 13.0. The van der Waals surface area contributed by atoms with Crippen LogP contribution in [0, 0.1) is 0 Å². The standard InChI is InChI=1S/C32H25N3O7/c1-38-23-9-3-19(4-10-23)30-31(20-5-11-24(39-2)12-6-20)35-26-15-21(7-13-25(26)34-30)32(37)40-17-29(36)33-22-8-14-27-28(16-22)42-18-41-27/h3-16H,17-18H2,1-2H3,(H,33,36). The van der Waals surface area contributed by atoms with Gasteiger partial charge < -0.3 is 29.0 Å². The van der Waals surface area contributed by atoms with Crippen molar-refractivity contribution < 1.29 is 33.3 Å². The quantitative estimate of drug-likeness (QED) is 0.244. The van der Waals surface area contributed by atoms with Gasteiger partial charge in [0, 0.05) is 22.9 Å².